The summed E-state index contributed by atoms with van der Waals surface area (Å²) in [5, 5.41) is 0. The molecule has 0 fully saturated rings. The lowest BCUT2D eigenvalue weighted by Crippen LogP contribution is -2.02. The number of rotatable bonds is 3. The summed E-state index contributed by atoms with van der Waals surface area (Å²) in [6.07, 6.45) is 2.43. The van der Waals surface area contributed by atoms with Crippen LogP contribution in [0.2, 0.25) is 5.82 Å². The minimum atomic E-state index is 0.365. The van der Waals surface area contributed by atoms with Gasteiger partial charge in [-0.05, 0) is 31.1 Å². The Bertz CT molecular complexity index is 184. The van der Waals surface area contributed by atoms with Crippen molar-refractivity contribution < 1.29 is 0 Å². The van der Waals surface area contributed by atoms with Gasteiger partial charge in [0.1, 0.15) is 0 Å². The summed E-state index contributed by atoms with van der Waals surface area (Å²) in [6.45, 7) is 6.58. The van der Waals surface area contributed by atoms with E-state index in [1.807, 2.05) is 11.8 Å². The fourth-order valence-electron chi connectivity index (χ4n) is 1.52. The van der Waals surface area contributed by atoms with Gasteiger partial charge in [-0.3, -0.25) is 0 Å². The van der Waals surface area contributed by atoms with E-state index in [1.54, 1.807) is 5.57 Å². The molecule has 66 valence electrons. The average molecular weight is 180 g/mol. The Morgan fingerprint density at radius 3 is 2.67 bits per heavy atom. The van der Waals surface area contributed by atoms with Gasteiger partial charge in [-0.1, -0.05) is 24.7 Å². The van der Waals surface area contributed by atoms with Crippen molar-refractivity contribution in [3.63, 3.8) is 0 Å². The fourth-order valence-corrected chi connectivity index (χ4v) is 2.78. The van der Waals surface area contributed by atoms with Gasteiger partial charge < -0.3 is 0 Å². The number of hydrogen-bond acceptors (Lipinski definition) is 1. The molecule has 0 saturated heterocycles. The molecule has 0 saturated carbocycles. The van der Waals surface area contributed by atoms with Crippen LogP contribution < -0.4 is 0 Å². The summed E-state index contributed by atoms with van der Waals surface area (Å²) in [5.41, 5.74) is 1.60. The molecule has 0 aromatic heterocycles. The third-order valence-electron chi connectivity index (χ3n) is 2.64. The second-order valence-electron chi connectivity index (χ2n) is 3.80. The van der Waals surface area contributed by atoms with E-state index in [0.29, 0.717) is 5.82 Å². The predicted molar refractivity (Wildman–Crippen MR) is 58.7 cm³/mol. The summed E-state index contributed by atoms with van der Waals surface area (Å²) in [7, 11) is 5.73. The third-order valence-corrected chi connectivity index (χ3v) is 3.96. The molecule has 0 amide bonds. The zero-order valence-corrected chi connectivity index (χ0v) is 9.08. The quantitative estimate of drug-likeness (QED) is 0.600. The number of hydrogen-bond donors (Lipinski definition) is 0. The van der Waals surface area contributed by atoms with Gasteiger partial charge in [0.25, 0.3) is 0 Å². The maximum atomic E-state index is 5.73. The molecular formula is C10H17BS. The first-order valence-electron chi connectivity index (χ1n) is 4.67. The van der Waals surface area contributed by atoms with Gasteiger partial charge in [0.2, 0.25) is 0 Å². The van der Waals surface area contributed by atoms with Crippen LogP contribution in [0.4, 0.5) is 0 Å². The van der Waals surface area contributed by atoms with Gasteiger partial charge in [-0.25, -0.2) is 0 Å². The first-order chi connectivity index (χ1) is 5.61. The largest absolute Gasteiger partial charge is 0.130 e. The second kappa shape index (κ2) is 4.41. The summed E-state index contributed by atoms with van der Waals surface area (Å²) < 4.78 is 0. The highest BCUT2D eigenvalue weighted by Crippen LogP contribution is 2.38. The van der Waals surface area contributed by atoms with Crippen molar-refractivity contribution in [1.82, 2.24) is 0 Å². The minimum Gasteiger partial charge on any atom is -0.130 e. The maximum Gasteiger partial charge on any atom is 0.0695 e. The molecule has 0 nitrogen and oxygen atoms in total. The molecule has 0 aromatic carbocycles. The Morgan fingerprint density at radius 1 is 1.58 bits per heavy atom. The van der Waals surface area contributed by atoms with E-state index in [1.165, 1.54) is 17.1 Å². The van der Waals surface area contributed by atoms with Gasteiger partial charge in [-0.15, -0.1) is 11.8 Å². The monoisotopic (exact) mass is 180 g/mol. The zero-order valence-electron chi connectivity index (χ0n) is 8.26. The van der Waals surface area contributed by atoms with Crippen LogP contribution in [0.15, 0.2) is 10.5 Å². The lowest BCUT2D eigenvalue weighted by Gasteiger charge is -2.12. The van der Waals surface area contributed by atoms with Crippen molar-refractivity contribution in [3.05, 3.63) is 10.5 Å². The number of allylic oxidation sites excluding steroid dienone is 2. The second-order valence-corrected chi connectivity index (χ2v) is 5.04. The molecule has 0 aliphatic carbocycles. The van der Waals surface area contributed by atoms with E-state index in [-0.39, 0.29) is 0 Å². The van der Waals surface area contributed by atoms with Crippen molar-refractivity contribution in [2.24, 2.45) is 5.92 Å². The van der Waals surface area contributed by atoms with Crippen LogP contribution in [0.5, 0.6) is 0 Å². The van der Waals surface area contributed by atoms with Gasteiger partial charge in [-0.2, -0.15) is 0 Å². The van der Waals surface area contributed by atoms with E-state index in [4.69, 9.17) is 7.85 Å². The predicted octanol–water partition coefficient (Wildman–Crippen LogP) is 3.40. The van der Waals surface area contributed by atoms with Crippen molar-refractivity contribution in [2.75, 3.05) is 5.75 Å². The molecule has 0 spiro atoms. The first-order valence-corrected chi connectivity index (χ1v) is 5.65. The smallest absolute Gasteiger partial charge is 0.0695 e. The third kappa shape index (κ3) is 2.58. The molecule has 0 bridgehead atoms. The molecule has 2 radical (unpaired) electrons. The molecule has 0 N–H and O–H groups in total. The molecule has 1 aliphatic heterocycles. The van der Waals surface area contributed by atoms with Gasteiger partial charge in [0.05, 0.1) is 7.85 Å². The summed E-state index contributed by atoms with van der Waals surface area (Å²) in [5.74, 6) is 2.45. The van der Waals surface area contributed by atoms with Crippen LogP contribution in [-0.4, -0.2) is 13.6 Å². The number of thioether (sulfide) groups is 1. The van der Waals surface area contributed by atoms with Crippen molar-refractivity contribution in [3.8, 4) is 0 Å². The van der Waals surface area contributed by atoms with Crippen LogP contribution in [-0.2, 0) is 0 Å². The van der Waals surface area contributed by atoms with E-state index < -0.39 is 0 Å². The summed E-state index contributed by atoms with van der Waals surface area (Å²) in [4.78, 5) is 1.53. The molecule has 2 atom stereocenters. The molecule has 1 heterocycles. The zero-order chi connectivity index (χ0) is 9.14. The Balaban J connectivity index is 2.35. The SMILES string of the molecule is [B]C(C)CCC1CSC(C)=C1C. The minimum absolute atomic E-state index is 0.365. The van der Waals surface area contributed by atoms with Crippen LogP contribution in [0.1, 0.15) is 33.6 Å². The molecule has 1 aliphatic rings. The van der Waals surface area contributed by atoms with Gasteiger partial charge >= 0.3 is 0 Å². The molecular weight excluding hydrogens is 163 g/mol. The van der Waals surface area contributed by atoms with Crippen LogP contribution in [0.3, 0.4) is 0 Å². The van der Waals surface area contributed by atoms with Crippen LogP contribution >= 0.6 is 11.8 Å². The Labute approximate surface area is 81.6 Å². The Kier molecular flexibility index (Phi) is 3.76. The highest BCUT2D eigenvalue weighted by Gasteiger charge is 2.19. The lowest BCUT2D eigenvalue weighted by molar-refractivity contribution is 0.584. The Hall–Kier alpha value is 0.155. The highest BCUT2D eigenvalue weighted by molar-refractivity contribution is 8.03. The molecule has 2 unspecified atom stereocenters. The van der Waals surface area contributed by atoms with Crippen LogP contribution in [0, 0.1) is 5.92 Å². The molecule has 1 rings (SSSR count). The van der Waals surface area contributed by atoms with E-state index in [0.717, 1.165) is 12.3 Å². The van der Waals surface area contributed by atoms with E-state index >= 15 is 0 Å². The highest BCUT2D eigenvalue weighted by atomic mass is 32.2. The summed E-state index contributed by atoms with van der Waals surface area (Å²) >= 11 is 2.00. The standard InChI is InChI=1S/C10H17BS/c1-7(11)4-5-10-6-12-9(3)8(10)2/h7,10H,4-6H2,1-3H3. The average Bonchev–Trinajstić information content (AvgIpc) is 2.30. The van der Waals surface area contributed by atoms with Crippen LogP contribution in [0.25, 0.3) is 0 Å². The van der Waals surface area contributed by atoms with Crippen molar-refractivity contribution in [1.29, 1.82) is 0 Å². The summed E-state index contributed by atoms with van der Waals surface area (Å²) in [6, 6.07) is 0. The molecule has 12 heavy (non-hydrogen) atoms. The first kappa shape index (κ1) is 10.2. The van der Waals surface area contributed by atoms with E-state index in [9.17, 15) is 0 Å². The fraction of sp³-hybridized carbons (Fsp3) is 0.800. The van der Waals surface area contributed by atoms with E-state index in [2.05, 4.69) is 20.8 Å². The van der Waals surface area contributed by atoms with Gasteiger partial charge in [0.15, 0.2) is 0 Å². The molecule has 0 aromatic rings. The van der Waals surface area contributed by atoms with Crippen molar-refractivity contribution >= 4 is 19.6 Å². The molecule has 2 heteroatoms. The van der Waals surface area contributed by atoms with Gasteiger partial charge in [0, 0.05) is 5.75 Å². The maximum absolute atomic E-state index is 5.73. The lowest BCUT2D eigenvalue weighted by atomic mass is 9.82. The van der Waals surface area contributed by atoms with Crippen molar-refractivity contribution in [2.45, 2.75) is 39.4 Å². The Morgan fingerprint density at radius 2 is 2.25 bits per heavy atom. The topological polar surface area (TPSA) is 0 Å². The normalized spacial score (nSPS) is 26.4.